The third-order valence-electron chi connectivity index (χ3n) is 4.82. The second-order valence-electron chi connectivity index (χ2n) is 6.62. The van der Waals surface area contributed by atoms with Gasteiger partial charge in [0.15, 0.2) is 17.3 Å². The second-order valence-corrected chi connectivity index (χ2v) is 8.55. The molecule has 0 aliphatic carbocycles. The fourth-order valence-corrected chi connectivity index (χ4v) is 4.60. The van der Waals surface area contributed by atoms with Gasteiger partial charge in [-0.2, -0.15) is 4.31 Å². The van der Waals surface area contributed by atoms with Crippen LogP contribution in [0.2, 0.25) is 0 Å². The first-order valence-electron chi connectivity index (χ1n) is 9.25. The molecule has 162 valence electrons. The van der Waals surface area contributed by atoms with Crippen molar-refractivity contribution in [3.63, 3.8) is 0 Å². The van der Waals surface area contributed by atoms with Crippen LogP contribution in [-0.4, -0.2) is 69.0 Å². The number of hydrogen-bond acceptors (Lipinski definition) is 7. The Hall–Kier alpha value is -2.76. The number of hydrogen-bond donors (Lipinski definition) is 0. The first-order chi connectivity index (χ1) is 14.3. The molecular formula is C19H22FN3O6S. The van der Waals surface area contributed by atoms with E-state index in [0.717, 1.165) is 6.07 Å². The summed E-state index contributed by atoms with van der Waals surface area (Å²) in [7, 11) is -2.59. The SMILES string of the molecule is COc1ccc(S(=O)(=O)N2CCN(CCOc3ccccc3F)CC2)cc1[N+](=O)[O-]. The summed E-state index contributed by atoms with van der Waals surface area (Å²) >= 11 is 0. The van der Waals surface area contributed by atoms with Gasteiger partial charge in [-0.15, -0.1) is 0 Å². The van der Waals surface area contributed by atoms with Gasteiger partial charge in [0, 0.05) is 38.8 Å². The Kier molecular flexibility index (Phi) is 6.85. The van der Waals surface area contributed by atoms with Crippen molar-refractivity contribution in [2.45, 2.75) is 4.90 Å². The Morgan fingerprint density at radius 3 is 2.43 bits per heavy atom. The molecule has 1 aliphatic heterocycles. The largest absolute Gasteiger partial charge is 0.490 e. The highest BCUT2D eigenvalue weighted by Gasteiger charge is 2.30. The van der Waals surface area contributed by atoms with Gasteiger partial charge in [-0.25, -0.2) is 12.8 Å². The van der Waals surface area contributed by atoms with E-state index in [1.807, 2.05) is 4.90 Å². The van der Waals surface area contributed by atoms with Crippen LogP contribution >= 0.6 is 0 Å². The molecule has 0 radical (unpaired) electrons. The van der Waals surface area contributed by atoms with Gasteiger partial charge in [0.1, 0.15) is 6.61 Å². The molecule has 1 aliphatic rings. The second kappa shape index (κ2) is 9.37. The molecule has 3 rings (SSSR count). The van der Waals surface area contributed by atoms with Crippen LogP contribution in [0.4, 0.5) is 10.1 Å². The molecule has 0 unspecified atom stereocenters. The van der Waals surface area contributed by atoms with Gasteiger partial charge in [0.25, 0.3) is 0 Å². The maximum atomic E-state index is 13.6. The number of rotatable bonds is 8. The Balaban J connectivity index is 1.58. The summed E-state index contributed by atoms with van der Waals surface area (Å²) in [5.41, 5.74) is -0.400. The van der Waals surface area contributed by atoms with Crippen LogP contribution in [-0.2, 0) is 10.0 Å². The van der Waals surface area contributed by atoms with Crippen LogP contribution in [0.3, 0.4) is 0 Å². The van der Waals surface area contributed by atoms with E-state index >= 15 is 0 Å². The normalized spacial score (nSPS) is 15.7. The number of nitrogens with zero attached hydrogens (tertiary/aromatic N) is 3. The number of halogens is 1. The molecule has 0 amide bonds. The molecule has 1 heterocycles. The van der Waals surface area contributed by atoms with Crippen LogP contribution in [0.5, 0.6) is 11.5 Å². The number of sulfonamides is 1. The first kappa shape index (κ1) is 21.9. The van der Waals surface area contributed by atoms with Crippen LogP contribution in [0.15, 0.2) is 47.4 Å². The summed E-state index contributed by atoms with van der Waals surface area (Å²) in [5.74, 6) is -0.250. The third kappa shape index (κ3) is 4.86. The van der Waals surface area contributed by atoms with Crippen LogP contribution in [0.25, 0.3) is 0 Å². The van der Waals surface area contributed by atoms with E-state index < -0.39 is 26.5 Å². The fourth-order valence-electron chi connectivity index (χ4n) is 3.16. The highest BCUT2D eigenvalue weighted by atomic mass is 32.2. The van der Waals surface area contributed by atoms with Gasteiger partial charge in [-0.3, -0.25) is 15.0 Å². The molecule has 2 aromatic rings. The Morgan fingerprint density at radius 2 is 1.80 bits per heavy atom. The van der Waals surface area contributed by atoms with Gasteiger partial charge < -0.3 is 9.47 Å². The number of benzene rings is 2. The lowest BCUT2D eigenvalue weighted by molar-refractivity contribution is -0.386. The molecule has 1 fully saturated rings. The summed E-state index contributed by atoms with van der Waals surface area (Å²) in [6, 6.07) is 9.74. The monoisotopic (exact) mass is 439 g/mol. The number of methoxy groups -OCH3 is 1. The zero-order valence-electron chi connectivity index (χ0n) is 16.4. The number of para-hydroxylation sites is 1. The first-order valence-corrected chi connectivity index (χ1v) is 10.7. The summed E-state index contributed by atoms with van der Waals surface area (Å²) < 4.78 is 51.0. The van der Waals surface area contributed by atoms with Crippen molar-refractivity contribution in [3.8, 4) is 11.5 Å². The summed E-state index contributed by atoms with van der Waals surface area (Å²) in [5, 5.41) is 11.2. The quantitative estimate of drug-likeness (QED) is 0.459. The Bertz CT molecular complexity index is 1010. The van der Waals surface area contributed by atoms with Crippen molar-refractivity contribution in [2.75, 3.05) is 46.4 Å². The zero-order chi connectivity index (χ0) is 21.7. The summed E-state index contributed by atoms with van der Waals surface area (Å²) in [6.45, 7) is 2.22. The lowest BCUT2D eigenvalue weighted by atomic mass is 10.3. The van der Waals surface area contributed by atoms with Crippen LogP contribution in [0, 0.1) is 15.9 Å². The molecule has 11 heteroatoms. The van der Waals surface area contributed by atoms with Gasteiger partial charge >= 0.3 is 5.69 Å². The molecule has 0 saturated carbocycles. The molecule has 2 aromatic carbocycles. The predicted molar refractivity (Wildman–Crippen MR) is 107 cm³/mol. The predicted octanol–water partition coefficient (Wildman–Crippen LogP) is 2.13. The molecule has 30 heavy (non-hydrogen) atoms. The number of ether oxygens (including phenoxy) is 2. The molecule has 0 spiro atoms. The van der Waals surface area contributed by atoms with E-state index in [1.54, 1.807) is 18.2 Å². The molecule has 9 nitrogen and oxygen atoms in total. The summed E-state index contributed by atoms with van der Waals surface area (Å²) in [4.78, 5) is 12.4. The lowest BCUT2D eigenvalue weighted by Gasteiger charge is -2.33. The maximum Gasteiger partial charge on any atom is 0.312 e. The van der Waals surface area contributed by atoms with E-state index in [0.29, 0.717) is 19.6 Å². The standard InChI is InChI=1S/C19H22FN3O6S/c1-28-19-7-6-15(14-17(19)23(24)25)30(26,27)22-10-8-21(9-11-22)12-13-29-18-5-3-2-4-16(18)20/h2-7,14H,8-13H2,1H3. The minimum Gasteiger partial charge on any atom is -0.490 e. The third-order valence-corrected chi connectivity index (χ3v) is 6.71. The fraction of sp³-hybridized carbons (Fsp3) is 0.368. The highest BCUT2D eigenvalue weighted by Crippen LogP contribution is 2.30. The van der Waals surface area contributed by atoms with E-state index in [9.17, 15) is 22.9 Å². The average molecular weight is 439 g/mol. The lowest BCUT2D eigenvalue weighted by Crippen LogP contribution is -2.49. The minimum absolute atomic E-state index is 0.00128. The van der Waals surface area contributed by atoms with Gasteiger partial charge in [-0.05, 0) is 24.3 Å². The van der Waals surface area contributed by atoms with E-state index in [-0.39, 0.29) is 36.1 Å². The van der Waals surface area contributed by atoms with Crippen molar-refractivity contribution >= 4 is 15.7 Å². The van der Waals surface area contributed by atoms with Crippen molar-refractivity contribution < 1.29 is 27.2 Å². The van der Waals surface area contributed by atoms with Crippen molar-refractivity contribution in [1.82, 2.24) is 9.21 Å². The zero-order valence-corrected chi connectivity index (χ0v) is 17.2. The van der Waals surface area contributed by atoms with Crippen molar-refractivity contribution in [1.29, 1.82) is 0 Å². The molecule has 1 saturated heterocycles. The average Bonchev–Trinajstić information content (AvgIpc) is 2.75. The smallest absolute Gasteiger partial charge is 0.312 e. The van der Waals surface area contributed by atoms with Gasteiger partial charge in [0.05, 0.1) is 16.9 Å². The van der Waals surface area contributed by atoms with Crippen molar-refractivity contribution in [2.24, 2.45) is 0 Å². The topological polar surface area (TPSA) is 102 Å². The minimum atomic E-state index is -3.87. The highest BCUT2D eigenvalue weighted by molar-refractivity contribution is 7.89. The molecule has 0 aromatic heterocycles. The van der Waals surface area contributed by atoms with E-state index in [1.165, 1.54) is 29.6 Å². The van der Waals surface area contributed by atoms with Gasteiger partial charge in [-0.1, -0.05) is 12.1 Å². The number of nitro benzene ring substituents is 1. The maximum absolute atomic E-state index is 13.6. The molecule has 0 bridgehead atoms. The molecule has 0 atom stereocenters. The van der Waals surface area contributed by atoms with Gasteiger partial charge in [0.2, 0.25) is 10.0 Å². The summed E-state index contributed by atoms with van der Waals surface area (Å²) in [6.07, 6.45) is 0. The van der Waals surface area contributed by atoms with Crippen molar-refractivity contribution in [3.05, 3.63) is 58.4 Å². The number of nitro groups is 1. The van der Waals surface area contributed by atoms with Crippen LogP contribution in [0.1, 0.15) is 0 Å². The Morgan fingerprint density at radius 1 is 1.10 bits per heavy atom. The number of piperazine rings is 1. The molecule has 0 N–H and O–H groups in total. The molecular weight excluding hydrogens is 417 g/mol. The van der Waals surface area contributed by atoms with E-state index in [2.05, 4.69) is 0 Å². The Labute approximate surface area is 173 Å². The van der Waals surface area contributed by atoms with E-state index in [4.69, 9.17) is 9.47 Å². The van der Waals surface area contributed by atoms with Crippen LogP contribution < -0.4 is 9.47 Å².